The summed E-state index contributed by atoms with van der Waals surface area (Å²) in [4.78, 5) is 41.7. The Hall–Kier alpha value is -3.21. The van der Waals surface area contributed by atoms with Crippen molar-refractivity contribution in [2.45, 2.75) is 0 Å². The summed E-state index contributed by atoms with van der Waals surface area (Å²) in [5, 5.41) is 48.4. The zero-order valence-corrected chi connectivity index (χ0v) is 13.0. The predicted octanol–water partition coefficient (Wildman–Crippen LogP) is -1.72. The molecule has 0 spiro atoms. The number of aliphatic hydroxyl groups is 1. The molecular formula is C7H12ClN7O10. The van der Waals surface area contributed by atoms with Crippen molar-refractivity contribution in [1.82, 2.24) is 20.6 Å². The second-order valence-corrected chi connectivity index (χ2v) is 3.86. The first kappa shape index (κ1) is 24.0. The molecular weight excluding hydrogens is 378 g/mol. The lowest BCUT2D eigenvalue weighted by Gasteiger charge is -2.27. The van der Waals surface area contributed by atoms with E-state index in [0.717, 1.165) is 0 Å². The first-order chi connectivity index (χ1) is 11.3. The molecule has 1 aromatic rings. The minimum Gasteiger partial charge on any atom is -0.396 e. The molecule has 0 bridgehead atoms. The Morgan fingerprint density at radius 2 is 1.16 bits per heavy atom. The van der Waals surface area contributed by atoms with Crippen LogP contribution in [0.25, 0.3) is 0 Å². The van der Waals surface area contributed by atoms with Crippen molar-refractivity contribution in [3.8, 4) is 0 Å². The molecule has 0 aromatic carbocycles. The van der Waals surface area contributed by atoms with E-state index in [0.29, 0.717) is 0 Å². The van der Waals surface area contributed by atoms with Crippen molar-refractivity contribution < 1.29 is 34.9 Å². The Morgan fingerprint density at radius 3 is 1.32 bits per heavy atom. The molecule has 1 N–H and O–H groups in total. The quantitative estimate of drug-likeness (QED) is 0.346. The summed E-state index contributed by atoms with van der Waals surface area (Å²) in [5.41, 5.74) is -1.80. The van der Waals surface area contributed by atoms with Crippen molar-refractivity contribution in [3.63, 3.8) is 0 Å². The second-order valence-electron chi connectivity index (χ2n) is 3.86. The van der Waals surface area contributed by atoms with Gasteiger partial charge in [0, 0.05) is 0 Å². The molecule has 0 amide bonds. The predicted molar refractivity (Wildman–Crippen MR) is 73.2 cm³/mol. The normalized spacial score (nSPS) is 9.48. The SMILES string of the molecule is Cl.O=[N+]([O-])OCC(CO)(CO[N+](=O)[O-])CO[N+](=O)[O-].c1cnnnn1. The van der Waals surface area contributed by atoms with Crippen LogP contribution in [0, 0.1) is 35.8 Å². The molecule has 17 nitrogen and oxygen atoms in total. The van der Waals surface area contributed by atoms with Gasteiger partial charge in [0.05, 0.1) is 24.4 Å². The monoisotopic (exact) mass is 389 g/mol. The van der Waals surface area contributed by atoms with Crippen LogP contribution in [0.4, 0.5) is 0 Å². The molecule has 0 unspecified atom stereocenters. The van der Waals surface area contributed by atoms with E-state index < -0.39 is 47.1 Å². The Bertz CT molecular complexity index is 449. The number of halogens is 1. The standard InChI is InChI=1S/C5H9N3O10.C2H2N4.ClH/c9-1-5(2-16-6(10)11,3-17-7(12)13)4-18-8(14)15;1-2-4-6-5-3-1;/h9H,1-4H2;1-2H;1H. The molecule has 18 heteroatoms. The molecule has 142 valence electrons. The summed E-state index contributed by atoms with van der Waals surface area (Å²) >= 11 is 0. The van der Waals surface area contributed by atoms with E-state index in [2.05, 4.69) is 35.1 Å². The maximum atomic E-state index is 9.99. The molecule has 25 heavy (non-hydrogen) atoms. The smallest absolute Gasteiger partial charge is 0.294 e. The Kier molecular flexibility index (Phi) is 12.7. The minimum atomic E-state index is -1.80. The molecule has 0 atom stereocenters. The van der Waals surface area contributed by atoms with E-state index >= 15 is 0 Å². The molecule has 0 radical (unpaired) electrons. The number of hydrogen-bond acceptors (Lipinski definition) is 14. The van der Waals surface area contributed by atoms with Gasteiger partial charge >= 0.3 is 0 Å². The summed E-state index contributed by atoms with van der Waals surface area (Å²) < 4.78 is 0. The highest BCUT2D eigenvalue weighted by molar-refractivity contribution is 5.85. The molecule has 0 fully saturated rings. The van der Waals surface area contributed by atoms with Crippen LogP contribution >= 0.6 is 12.4 Å². The van der Waals surface area contributed by atoms with Gasteiger partial charge in [0.15, 0.2) is 0 Å². The molecule has 0 saturated heterocycles. The highest BCUT2D eigenvalue weighted by atomic mass is 35.5. The van der Waals surface area contributed by atoms with Crippen LogP contribution in [-0.2, 0) is 14.5 Å². The van der Waals surface area contributed by atoms with Crippen LogP contribution in [0.1, 0.15) is 0 Å². The lowest BCUT2D eigenvalue weighted by Crippen LogP contribution is -2.42. The van der Waals surface area contributed by atoms with Crippen LogP contribution in [0.2, 0.25) is 0 Å². The van der Waals surface area contributed by atoms with Gasteiger partial charge in [-0.2, -0.15) is 0 Å². The highest BCUT2D eigenvalue weighted by Crippen LogP contribution is 2.19. The van der Waals surface area contributed by atoms with Gasteiger partial charge in [0.25, 0.3) is 15.3 Å². The average Bonchev–Trinajstić information content (AvgIpc) is 2.56. The van der Waals surface area contributed by atoms with Gasteiger partial charge in [0.2, 0.25) is 0 Å². The zero-order chi connectivity index (χ0) is 18.4. The first-order valence-electron chi connectivity index (χ1n) is 5.69. The number of rotatable bonds is 10. The van der Waals surface area contributed by atoms with Gasteiger partial charge in [-0.1, -0.05) is 0 Å². The Labute approximate surface area is 143 Å². The average molecular weight is 390 g/mol. The van der Waals surface area contributed by atoms with Crippen molar-refractivity contribution in [2.75, 3.05) is 26.4 Å². The fourth-order valence-corrected chi connectivity index (χ4v) is 0.996. The third kappa shape index (κ3) is 13.0. The van der Waals surface area contributed by atoms with E-state index in [1.165, 1.54) is 12.4 Å². The van der Waals surface area contributed by atoms with Gasteiger partial charge < -0.3 is 19.6 Å². The van der Waals surface area contributed by atoms with Crippen molar-refractivity contribution >= 4 is 12.4 Å². The van der Waals surface area contributed by atoms with Crippen molar-refractivity contribution in [1.29, 1.82) is 0 Å². The number of hydrogen-bond donors (Lipinski definition) is 1. The lowest BCUT2D eigenvalue weighted by molar-refractivity contribution is -0.782. The summed E-state index contributed by atoms with van der Waals surface area (Å²) in [6, 6.07) is 0. The van der Waals surface area contributed by atoms with E-state index in [4.69, 9.17) is 5.11 Å². The number of aromatic nitrogens is 4. The maximum Gasteiger partial charge on any atom is 0.294 e. The van der Waals surface area contributed by atoms with Crippen LogP contribution in [-0.4, -0.2) is 67.4 Å². The van der Waals surface area contributed by atoms with Gasteiger partial charge in [-0.05, 0) is 10.4 Å². The maximum absolute atomic E-state index is 9.99. The molecule has 0 aliphatic carbocycles. The molecule has 1 rings (SSSR count). The largest absolute Gasteiger partial charge is 0.396 e. The summed E-state index contributed by atoms with van der Waals surface area (Å²) in [6.45, 7) is -3.50. The van der Waals surface area contributed by atoms with Crippen LogP contribution < -0.4 is 0 Å². The summed E-state index contributed by atoms with van der Waals surface area (Å²) in [5.74, 6) is 0. The minimum absolute atomic E-state index is 0. The van der Waals surface area contributed by atoms with E-state index in [-0.39, 0.29) is 12.4 Å². The molecule has 0 aliphatic rings. The number of aliphatic hydroxyl groups excluding tert-OH is 1. The van der Waals surface area contributed by atoms with Crippen molar-refractivity contribution in [2.24, 2.45) is 5.41 Å². The third-order valence-corrected chi connectivity index (χ3v) is 2.11. The van der Waals surface area contributed by atoms with E-state index in [1.54, 1.807) is 0 Å². The van der Waals surface area contributed by atoms with Gasteiger partial charge in [-0.3, -0.25) is 0 Å². The molecule has 1 heterocycles. The summed E-state index contributed by atoms with van der Waals surface area (Å²) in [7, 11) is 0. The third-order valence-electron chi connectivity index (χ3n) is 2.11. The highest BCUT2D eigenvalue weighted by Gasteiger charge is 2.34. The topological polar surface area (TPSA) is 229 Å². The van der Waals surface area contributed by atoms with Gasteiger partial charge in [-0.15, -0.1) is 52.9 Å². The van der Waals surface area contributed by atoms with E-state index in [9.17, 15) is 30.3 Å². The van der Waals surface area contributed by atoms with Crippen LogP contribution in [0.15, 0.2) is 12.4 Å². The van der Waals surface area contributed by atoms with Crippen LogP contribution in [0.5, 0.6) is 0 Å². The fraction of sp³-hybridized carbons (Fsp3) is 0.714. The lowest BCUT2D eigenvalue weighted by atomic mass is 9.93. The second kappa shape index (κ2) is 13.2. The fourth-order valence-electron chi connectivity index (χ4n) is 0.996. The van der Waals surface area contributed by atoms with Crippen LogP contribution in [0.3, 0.4) is 0 Å². The Morgan fingerprint density at radius 1 is 0.840 bits per heavy atom. The van der Waals surface area contributed by atoms with E-state index in [1.807, 2.05) is 0 Å². The molecule has 0 aliphatic heterocycles. The number of nitrogens with zero attached hydrogens (tertiary/aromatic N) is 7. The molecule has 0 saturated carbocycles. The molecule has 1 aromatic heterocycles. The van der Waals surface area contributed by atoms with Gasteiger partial charge in [-0.25, -0.2) is 0 Å². The van der Waals surface area contributed by atoms with Crippen molar-refractivity contribution in [3.05, 3.63) is 42.7 Å². The Balaban J connectivity index is 0. The first-order valence-corrected chi connectivity index (χ1v) is 5.69. The van der Waals surface area contributed by atoms with Gasteiger partial charge in [0.1, 0.15) is 19.8 Å². The zero-order valence-electron chi connectivity index (χ0n) is 12.1. The summed E-state index contributed by atoms with van der Waals surface area (Å²) in [6.07, 6.45) is 2.93.